The van der Waals surface area contributed by atoms with Gasteiger partial charge in [0.15, 0.2) is 4.34 Å². The fourth-order valence-electron chi connectivity index (χ4n) is 2.40. The molecule has 1 aliphatic heterocycles. The minimum Gasteiger partial charge on any atom is -0.336 e. The van der Waals surface area contributed by atoms with Crippen molar-refractivity contribution >= 4 is 47.1 Å². The molecule has 0 saturated carbocycles. The summed E-state index contributed by atoms with van der Waals surface area (Å²) in [6.45, 7) is 4.59. The van der Waals surface area contributed by atoms with Crippen LogP contribution < -0.4 is 5.32 Å². The van der Waals surface area contributed by atoms with E-state index in [2.05, 4.69) is 10.3 Å². The number of hydrogen-bond donors (Lipinski definition) is 1. The largest absolute Gasteiger partial charge is 0.336 e. The molecule has 1 aromatic carbocycles. The summed E-state index contributed by atoms with van der Waals surface area (Å²) in [7, 11) is 0. The highest BCUT2D eigenvalue weighted by atomic mass is 35.5. The van der Waals surface area contributed by atoms with E-state index in [4.69, 9.17) is 0 Å². The van der Waals surface area contributed by atoms with E-state index >= 15 is 0 Å². The summed E-state index contributed by atoms with van der Waals surface area (Å²) >= 11 is 2.70. The summed E-state index contributed by atoms with van der Waals surface area (Å²) in [5.74, 6) is -0.166. The van der Waals surface area contributed by atoms with Gasteiger partial charge in [0, 0.05) is 48.9 Å². The third-order valence-electron chi connectivity index (χ3n) is 3.60. The van der Waals surface area contributed by atoms with E-state index in [1.807, 2.05) is 12.3 Å². The highest BCUT2D eigenvalue weighted by Crippen LogP contribution is 2.36. The molecule has 0 aliphatic carbocycles. The van der Waals surface area contributed by atoms with Gasteiger partial charge in [-0.15, -0.1) is 23.7 Å². The Morgan fingerprint density at radius 2 is 2.12 bits per heavy atom. The van der Waals surface area contributed by atoms with E-state index in [1.165, 1.54) is 29.2 Å². The Kier molecular flexibility index (Phi) is 6.77. The number of thiazole rings is 1. The van der Waals surface area contributed by atoms with Crippen molar-refractivity contribution in [3.05, 3.63) is 45.0 Å². The van der Waals surface area contributed by atoms with Gasteiger partial charge in [-0.3, -0.25) is 14.9 Å². The van der Waals surface area contributed by atoms with Crippen molar-refractivity contribution < 1.29 is 9.72 Å². The molecular weight excluding hydrogens is 384 g/mol. The lowest BCUT2D eigenvalue weighted by molar-refractivity contribution is -0.387. The zero-order valence-corrected chi connectivity index (χ0v) is 15.9. The van der Waals surface area contributed by atoms with Crippen LogP contribution in [0.1, 0.15) is 16.1 Å². The van der Waals surface area contributed by atoms with Crippen LogP contribution in [0.3, 0.4) is 0 Å². The Morgan fingerprint density at radius 1 is 1.40 bits per heavy atom. The lowest BCUT2D eigenvalue weighted by Gasteiger charge is -2.27. The van der Waals surface area contributed by atoms with Crippen molar-refractivity contribution in [2.45, 2.75) is 16.2 Å². The van der Waals surface area contributed by atoms with E-state index in [1.54, 1.807) is 17.0 Å². The molecular formula is C15H17ClN4O3S2. The standard InChI is InChI=1S/C15H16N4O3S2.ClH/c1-10-9-23-15(17-10)24-13-3-2-11(8-12(13)19(21)22)14(20)18-6-4-16-5-7-18;/h2-3,8-9,16H,4-7H2,1H3;1H. The van der Waals surface area contributed by atoms with Gasteiger partial charge in [-0.05, 0) is 19.1 Å². The molecule has 1 aromatic heterocycles. The first-order valence-electron chi connectivity index (χ1n) is 7.43. The molecule has 0 spiro atoms. The molecule has 1 amide bonds. The third kappa shape index (κ3) is 4.69. The van der Waals surface area contributed by atoms with Crippen molar-refractivity contribution in [3.8, 4) is 0 Å². The van der Waals surface area contributed by atoms with Crippen LogP contribution in [-0.4, -0.2) is 46.9 Å². The van der Waals surface area contributed by atoms with E-state index in [0.29, 0.717) is 23.5 Å². The number of nitro groups is 1. The fraction of sp³-hybridized carbons (Fsp3) is 0.333. The second kappa shape index (κ2) is 8.61. The summed E-state index contributed by atoms with van der Waals surface area (Å²) in [4.78, 5) is 30.0. The van der Waals surface area contributed by atoms with Gasteiger partial charge < -0.3 is 10.2 Å². The predicted molar refractivity (Wildman–Crippen MR) is 100 cm³/mol. The smallest absolute Gasteiger partial charge is 0.284 e. The van der Waals surface area contributed by atoms with Crippen LogP contribution in [0.5, 0.6) is 0 Å². The molecule has 0 radical (unpaired) electrons. The maximum Gasteiger partial charge on any atom is 0.284 e. The number of rotatable bonds is 4. The van der Waals surface area contributed by atoms with Gasteiger partial charge in [-0.2, -0.15) is 0 Å². The van der Waals surface area contributed by atoms with E-state index < -0.39 is 4.92 Å². The summed E-state index contributed by atoms with van der Waals surface area (Å²) in [5.41, 5.74) is 1.17. The monoisotopic (exact) mass is 400 g/mol. The molecule has 1 aliphatic rings. The average Bonchev–Trinajstić information content (AvgIpc) is 3.00. The Hall–Kier alpha value is -1.68. The summed E-state index contributed by atoms with van der Waals surface area (Å²) in [6, 6.07) is 4.66. The number of benzene rings is 1. The number of aryl methyl sites for hydroxylation is 1. The maximum absolute atomic E-state index is 12.5. The predicted octanol–water partition coefficient (Wildman–Crippen LogP) is 2.98. The number of nitrogens with one attached hydrogen (secondary N) is 1. The van der Waals surface area contributed by atoms with Crippen LogP contribution in [0.25, 0.3) is 0 Å². The first-order chi connectivity index (χ1) is 11.5. The Bertz CT molecular complexity index is 778. The van der Waals surface area contributed by atoms with Crippen molar-refractivity contribution in [2.24, 2.45) is 0 Å². The molecule has 0 unspecified atom stereocenters. The molecule has 7 nitrogen and oxygen atoms in total. The van der Waals surface area contributed by atoms with Crippen LogP contribution in [0.2, 0.25) is 0 Å². The van der Waals surface area contributed by atoms with Crippen molar-refractivity contribution in [2.75, 3.05) is 26.2 Å². The highest BCUT2D eigenvalue weighted by molar-refractivity contribution is 8.01. The van der Waals surface area contributed by atoms with E-state index in [9.17, 15) is 14.9 Å². The lowest BCUT2D eigenvalue weighted by atomic mass is 10.1. The van der Waals surface area contributed by atoms with Crippen LogP contribution in [-0.2, 0) is 0 Å². The SMILES string of the molecule is Cc1csc(Sc2ccc(C(=O)N3CCNCC3)cc2[N+](=O)[O-])n1.Cl. The van der Waals surface area contributed by atoms with Gasteiger partial charge in [0.1, 0.15) is 0 Å². The van der Waals surface area contributed by atoms with Gasteiger partial charge >= 0.3 is 0 Å². The summed E-state index contributed by atoms with van der Waals surface area (Å²) in [6.07, 6.45) is 0. The van der Waals surface area contributed by atoms with Crippen LogP contribution in [0.15, 0.2) is 32.8 Å². The number of nitro benzene ring substituents is 1. The Labute approximate surface area is 159 Å². The number of carbonyl (C=O) groups excluding carboxylic acids is 1. The molecule has 1 saturated heterocycles. The van der Waals surface area contributed by atoms with E-state index in [0.717, 1.165) is 23.1 Å². The Morgan fingerprint density at radius 3 is 2.72 bits per heavy atom. The highest BCUT2D eigenvalue weighted by Gasteiger charge is 2.23. The molecule has 10 heteroatoms. The lowest BCUT2D eigenvalue weighted by Crippen LogP contribution is -2.46. The third-order valence-corrected chi connectivity index (χ3v) is 5.72. The number of hydrogen-bond acceptors (Lipinski definition) is 7. The molecule has 2 heterocycles. The molecule has 1 fully saturated rings. The zero-order chi connectivity index (χ0) is 17.1. The van der Waals surface area contributed by atoms with Crippen molar-refractivity contribution in [1.82, 2.24) is 15.2 Å². The minimum absolute atomic E-state index is 0. The molecule has 1 N–H and O–H groups in total. The quantitative estimate of drug-likeness (QED) is 0.627. The normalized spacial score (nSPS) is 14.0. The Balaban J connectivity index is 0.00000225. The van der Waals surface area contributed by atoms with Crippen molar-refractivity contribution in [3.63, 3.8) is 0 Å². The van der Waals surface area contributed by atoms with Crippen LogP contribution in [0, 0.1) is 17.0 Å². The second-order valence-corrected chi connectivity index (χ2v) is 7.49. The zero-order valence-electron chi connectivity index (χ0n) is 13.4. The average molecular weight is 401 g/mol. The summed E-state index contributed by atoms with van der Waals surface area (Å²) < 4.78 is 0.747. The molecule has 0 atom stereocenters. The topological polar surface area (TPSA) is 88.4 Å². The number of carbonyl (C=O) groups is 1. The van der Waals surface area contributed by atoms with Gasteiger partial charge in [-0.1, -0.05) is 11.8 Å². The number of aromatic nitrogens is 1. The van der Waals surface area contributed by atoms with Crippen LogP contribution in [0.4, 0.5) is 5.69 Å². The van der Waals surface area contributed by atoms with Gasteiger partial charge in [-0.25, -0.2) is 4.98 Å². The van der Waals surface area contributed by atoms with Gasteiger partial charge in [0.25, 0.3) is 11.6 Å². The number of nitrogens with zero attached hydrogens (tertiary/aromatic N) is 3. The maximum atomic E-state index is 12.5. The van der Waals surface area contributed by atoms with Crippen LogP contribution >= 0.6 is 35.5 Å². The van der Waals surface area contributed by atoms with Gasteiger partial charge in [0.05, 0.1) is 9.82 Å². The van der Waals surface area contributed by atoms with E-state index in [-0.39, 0.29) is 24.0 Å². The first-order valence-corrected chi connectivity index (χ1v) is 9.12. The molecule has 134 valence electrons. The molecule has 25 heavy (non-hydrogen) atoms. The number of amides is 1. The number of piperazine rings is 1. The minimum atomic E-state index is -0.447. The second-order valence-electron chi connectivity index (χ2n) is 5.34. The molecule has 3 rings (SSSR count). The van der Waals surface area contributed by atoms with Crippen molar-refractivity contribution in [1.29, 1.82) is 0 Å². The molecule has 2 aromatic rings. The fourth-order valence-corrected chi connectivity index (χ4v) is 4.28. The summed E-state index contributed by atoms with van der Waals surface area (Å²) in [5, 5.41) is 16.5. The van der Waals surface area contributed by atoms with Gasteiger partial charge in [0.2, 0.25) is 0 Å². The number of halogens is 1. The first kappa shape index (κ1) is 19.6. The molecule has 0 bridgehead atoms.